The Balaban J connectivity index is 2.09. The Morgan fingerprint density at radius 1 is 0.842 bits per heavy atom. The summed E-state index contributed by atoms with van der Waals surface area (Å²) in [7, 11) is 1.73. The summed E-state index contributed by atoms with van der Waals surface area (Å²) < 4.78 is 5.50. The molecular weight excluding hydrogens is 234 g/mol. The van der Waals surface area contributed by atoms with Crippen LogP contribution in [0, 0.1) is 0 Å². The summed E-state index contributed by atoms with van der Waals surface area (Å²) in [4.78, 5) is 2.47. The summed E-state index contributed by atoms with van der Waals surface area (Å²) in [6.07, 6.45) is 2.58. The summed E-state index contributed by atoms with van der Waals surface area (Å²) in [6.45, 7) is 2.32. The van der Waals surface area contributed by atoms with Crippen LogP contribution in [-0.4, -0.2) is 20.2 Å². The van der Waals surface area contributed by atoms with Crippen molar-refractivity contribution in [1.29, 1.82) is 0 Å². The third-order valence-corrected chi connectivity index (χ3v) is 3.75. The van der Waals surface area contributed by atoms with Crippen LogP contribution in [0.25, 0.3) is 11.1 Å². The molecule has 1 saturated heterocycles. The largest absolute Gasteiger partial charge is 0.496 e. The van der Waals surface area contributed by atoms with Gasteiger partial charge in [0.1, 0.15) is 5.75 Å². The molecule has 1 heterocycles. The fourth-order valence-electron chi connectivity index (χ4n) is 2.80. The minimum Gasteiger partial charge on any atom is -0.496 e. The number of benzene rings is 2. The van der Waals surface area contributed by atoms with Crippen LogP contribution in [0.4, 0.5) is 5.69 Å². The smallest absolute Gasteiger partial charge is 0.126 e. The zero-order valence-electron chi connectivity index (χ0n) is 11.3. The lowest BCUT2D eigenvalue weighted by Crippen LogP contribution is -2.18. The van der Waals surface area contributed by atoms with E-state index in [1.165, 1.54) is 29.7 Å². The van der Waals surface area contributed by atoms with Crippen molar-refractivity contribution in [3.63, 3.8) is 0 Å². The van der Waals surface area contributed by atoms with Gasteiger partial charge in [-0.05, 0) is 25.0 Å². The minimum atomic E-state index is 0.939. The van der Waals surface area contributed by atoms with Gasteiger partial charge in [0.15, 0.2) is 0 Å². The van der Waals surface area contributed by atoms with E-state index in [1.54, 1.807) is 7.11 Å². The number of para-hydroxylation sites is 2. The molecule has 1 fully saturated rings. The number of ether oxygens (including phenoxy) is 1. The van der Waals surface area contributed by atoms with Crippen molar-refractivity contribution < 1.29 is 4.74 Å². The normalized spacial score (nSPS) is 14.7. The van der Waals surface area contributed by atoms with Crippen LogP contribution in [0.15, 0.2) is 48.5 Å². The molecule has 0 radical (unpaired) electrons. The second kappa shape index (κ2) is 5.35. The minimum absolute atomic E-state index is 0.939. The van der Waals surface area contributed by atoms with Crippen LogP contribution in [0.5, 0.6) is 5.75 Å². The molecule has 98 valence electrons. The number of anilines is 1. The Bertz CT molecular complexity index is 559. The Morgan fingerprint density at radius 2 is 1.47 bits per heavy atom. The van der Waals surface area contributed by atoms with Gasteiger partial charge in [-0.2, -0.15) is 0 Å². The average Bonchev–Trinajstić information content (AvgIpc) is 3.01. The van der Waals surface area contributed by atoms with Crippen molar-refractivity contribution >= 4 is 5.69 Å². The highest BCUT2D eigenvalue weighted by molar-refractivity contribution is 5.82. The van der Waals surface area contributed by atoms with Gasteiger partial charge in [0.25, 0.3) is 0 Å². The number of methoxy groups -OCH3 is 1. The van der Waals surface area contributed by atoms with Gasteiger partial charge < -0.3 is 9.64 Å². The summed E-state index contributed by atoms with van der Waals surface area (Å²) in [5.74, 6) is 0.939. The molecule has 0 amide bonds. The van der Waals surface area contributed by atoms with E-state index in [0.29, 0.717) is 0 Å². The van der Waals surface area contributed by atoms with E-state index in [2.05, 4.69) is 41.3 Å². The molecule has 2 nitrogen and oxygen atoms in total. The number of hydrogen-bond donors (Lipinski definition) is 0. The van der Waals surface area contributed by atoms with Gasteiger partial charge >= 0.3 is 0 Å². The zero-order valence-corrected chi connectivity index (χ0v) is 11.3. The Kier molecular flexibility index (Phi) is 3.41. The average molecular weight is 253 g/mol. The summed E-state index contributed by atoms with van der Waals surface area (Å²) in [5.41, 5.74) is 3.76. The second-order valence-corrected chi connectivity index (χ2v) is 4.91. The fraction of sp³-hybridized carbons (Fsp3) is 0.294. The topological polar surface area (TPSA) is 12.5 Å². The van der Waals surface area contributed by atoms with Gasteiger partial charge in [-0.25, -0.2) is 0 Å². The first-order valence-electron chi connectivity index (χ1n) is 6.87. The molecule has 2 heteroatoms. The van der Waals surface area contributed by atoms with Crippen molar-refractivity contribution in [3.05, 3.63) is 48.5 Å². The number of nitrogens with zero attached hydrogens (tertiary/aromatic N) is 1. The Hall–Kier alpha value is -1.96. The molecule has 1 aliphatic rings. The van der Waals surface area contributed by atoms with E-state index >= 15 is 0 Å². The maximum absolute atomic E-state index is 5.50. The molecule has 0 spiro atoms. The van der Waals surface area contributed by atoms with E-state index < -0.39 is 0 Å². The lowest BCUT2D eigenvalue weighted by molar-refractivity contribution is 0.416. The molecule has 0 saturated carbocycles. The summed E-state index contributed by atoms with van der Waals surface area (Å²) in [5, 5.41) is 0. The van der Waals surface area contributed by atoms with Crippen molar-refractivity contribution in [2.24, 2.45) is 0 Å². The van der Waals surface area contributed by atoms with Gasteiger partial charge in [0.05, 0.1) is 7.11 Å². The van der Waals surface area contributed by atoms with Gasteiger partial charge in [-0.1, -0.05) is 36.4 Å². The highest BCUT2D eigenvalue weighted by Gasteiger charge is 2.17. The predicted molar refractivity (Wildman–Crippen MR) is 79.9 cm³/mol. The SMILES string of the molecule is COc1ccccc1-c1ccccc1N1CCCC1. The van der Waals surface area contributed by atoms with E-state index in [0.717, 1.165) is 18.8 Å². The molecule has 0 N–H and O–H groups in total. The highest BCUT2D eigenvalue weighted by Crippen LogP contribution is 2.37. The van der Waals surface area contributed by atoms with Crippen LogP contribution in [0.2, 0.25) is 0 Å². The Labute approximate surface area is 114 Å². The lowest BCUT2D eigenvalue weighted by Gasteiger charge is -2.22. The quantitative estimate of drug-likeness (QED) is 0.821. The molecule has 0 bridgehead atoms. The van der Waals surface area contributed by atoms with Crippen LogP contribution < -0.4 is 9.64 Å². The molecule has 0 unspecified atom stereocenters. The Morgan fingerprint density at radius 3 is 2.21 bits per heavy atom. The van der Waals surface area contributed by atoms with Crippen LogP contribution in [-0.2, 0) is 0 Å². The van der Waals surface area contributed by atoms with Crippen LogP contribution in [0.1, 0.15) is 12.8 Å². The van der Waals surface area contributed by atoms with Gasteiger partial charge in [0, 0.05) is 29.9 Å². The standard InChI is InChI=1S/C17H19NO/c1-19-17-11-5-3-9-15(17)14-8-2-4-10-16(14)18-12-6-7-13-18/h2-5,8-11H,6-7,12-13H2,1H3. The first-order chi connectivity index (χ1) is 9.40. The molecule has 0 atom stereocenters. The van der Waals surface area contributed by atoms with Crippen LogP contribution in [0.3, 0.4) is 0 Å². The zero-order chi connectivity index (χ0) is 13.1. The molecule has 19 heavy (non-hydrogen) atoms. The van der Waals surface area contributed by atoms with Crippen molar-refractivity contribution in [1.82, 2.24) is 0 Å². The van der Waals surface area contributed by atoms with E-state index in [1.807, 2.05) is 12.1 Å². The van der Waals surface area contributed by atoms with Crippen molar-refractivity contribution in [2.75, 3.05) is 25.1 Å². The van der Waals surface area contributed by atoms with E-state index in [9.17, 15) is 0 Å². The van der Waals surface area contributed by atoms with E-state index in [4.69, 9.17) is 4.74 Å². The molecule has 2 aromatic carbocycles. The molecular formula is C17H19NO. The summed E-state index contributed by atoms with van der Waals surface area (Å²) in [6, 6.07) is 16.9. The van der Waals surface area contributed by atoms with Gasteiger partial charge in [0.2, 0.25) is 0 Å². The molecule has 0 aromatic heterocycles. The van der Waals surface area contributed by atoms with Crippen LogP contribution >= 0.6 is 0 Å². The molecule has 2 aromatic rings. The third-order valence-electron chi connectivity index (χ3n) is 3.75. The van der Waals surface area contributed by atoms with Gasteiger partial charge in [-0.15, -0.1) is 0 Å². The van der Waals surface area contributed by atoms with E-state index in [-0.39, 0.29) is 0 Å². The maximum atomic E-state index is 5.50. The lowest BCUT2D eigenvalue weighted by atomic mass is 10.0. The second-order valence-electron chi connectivity index (χ2n) is 4.91. The molecule has 3 rings (SSSR count). The van der Waals surface area contributed by atoms with Gasteiger partial charge in [-0.3, -0.25) is 0 Å². The van der Waals surface area contributed by atoms with Crippen molar-refractivity contribution in [2.45, 2.75) is 12.8 Å². The third kappa shape index (κ3) is 2.30. The number of hydrogen-bond acceptors (Lipinski definition) is 2. The predicted octanol–water partition coefficient (Wildman–Crippen LogP) is 3.96. The summed E-state index contributed by atoms with van der Waals surface area (Å²) >= 11 is 0. The first-order valence-corrected chi connectivity index (χ1v) is 6.87. The fourth-order valence-corrected chi connectivity index (χ4v) is 2.80. The van der Waals surface area contributed by atoms with Crippen molar-refractivity contribution in [3.8, 4) is 16.9 Å². The highest BCUT2D eigenvalue weighted by atomic mass is 16.5. The first kappa shape index (κ1) is 12.1. The monoisotopic (exact) mass is 253 g/mol. The molecule has 0 aliphatic carbocycles. The number of rotatable bonds is 3. The molecule has 1 aliphatic heterocycles. The maximum Gasteiger partial charge on any atom is 0.126 e.